The Morgan fingerprint density at radius 1 is 1.30 bits per heavy atom. The van der Waals surface area contributed by atoms with E-state index in [0.717, 1.165) is 34.8 Å². The van der Waals surface area contributed by atoms with Crippen molar-refractivity contribution in [1.82, 2.24) is 4.98 Å². The number of halogens is 1. The minimum atomic E-state index is 0.0346. The van der Waals surface area contributed by atoms with Gasteiger partial charge in [-0.25, -0.2) is 4.98 Å². The molecule has 106 valence electrons. The number of benzene rings is 1. The van der Waals surface area contributed by atoms with E-state index in [9.17, 15) is 4.79 Å². The van der Waals surface area contributed by atoms with E-state index in [0.29, 0.717) is 12.3 Å². The predicted octanol–water partition coefficient (Wildman–Crippen LogP) is 4.47. The maximum atomic E-state index is 11.7. The summed E-state index contributed by atoms with van der Waals surface area (Å²) in [5.41, 5.74) is 2.86. The molecule has 20 heavy (non-hydrogen) atoms. The highest BCUT2D eigenvalue weighted by atomic mass is 35.5. The zero-order valence-electron chi connectivity index (χ0n) is 11.4. The van der Waals surface area contributed by atoms with Crippen LogP contribution in [0.25, 0.3) is 11.3 Å². The number of amides is 1. The largest absolute Gasteiger partial charge is 0.326 e. The van der Waals surface area contributed by atoms with Gasteiger partial charge in [0.15, 0.2) is 0 Å². The number of hydrogen-bond donors (Lipinski definition) is 1. The molecule has 0 bridgehead atoms. The highest BCUT2D eigenvalue weighted by Gasteiger charge is 2.04. The number of nitrogens with one attached hydrogen (secondary N) is 1. The molecule has 5 heteroatoms. The first-order valence-corrected chi connectivity index (χ1v) is 7.99. The van der Waals surface area contributed by atoms with Crippen molar-refractivity contribution in [2.24, 2.45) is 0 Å². The van der Waals surface area contributed by atoms with E-state index < -0.39 is 0 Å². The van der Waals surface area contributed by atoms with Crippen molar-refractivity contribution in [3.05, 3.63) is 34.7 Å². The number of carbonyl (C=O) groups excluding carboxylic acids is 1. The van der Waals surface area contributed by atoms with Gasteiger partial charge in [-0.2, -0.15) is 0 Å². The third-order valence-electron chi connectivity index (χ3n) is 2.87. The van der Waals surface area contributed by atoms with E-state index in [2.05, 4.69) is 10.3 Å². The van der Waals surface area contributed by atoms with Crippen LogP contribution in [-0.4, -0.2) is 16.8 Å². The minimum Gasteiger partial charge on any atom is -0.326 e. The fourth-order valence-corrected chi connectivity index (χ4v) is 2.63. The Hall–Kier alpha value is -1.39. The summed E-state index contributed by atoms with van der Waals surface area (Å²) in [6, 6.07) is 7.76. The zero-order chi connectivity index (χ0) is 14.4. The van der Waals surface area contributed by atoms with Gasteiger partial charge in [0.2, 0.25) is 5.91 Å². The monoisotopic (exact) mass is 308 g/mol. The van der Waals surface area contributed by atoms with Gasteiger partial charge in [-0.15, -0.1) is 22.9 Å². The van der Waals surface area contributed by atoms with E-state index in [-0.39, 0.29) is 5.91 Å². The number of hydrogen-bond acceptors (Lipinski definition) is 3. The Morgan fingerprint density at radius 3 is 2.65 bits per heavy atom. The molecule has 0 saturated heterocycles. The highest BCUT2D eigenvalue weighted by Crippen LogP contribution is 2.23. The first-order valence-electron chi connectivity index (χ1n) is 6.57. The Morgan fingerprint density at radius 2 is 2.05 bits per heavy atom. The van der Waals surface area contributed by atoms with Gasteiger partial charge in [0.05, 0.1) is 10.7 Å². The summed E-state index contributed by atoms with van der Waals surface area (Å²) in [4.78, 5) is 16.1. The fourth-order valence-electron chi connectivity index (χ4n) is 1.82. The van der Waals surface area contributed by atoms with Crippen LogP contribution in [0.4, 0.5) is 5.69 Å². The Bertz CT molecular complexity index is 566. The SMILES string of the molecule is Cc1nc(-c2ccc(NC(=O)CCCCCl)cc2)cs1. The number of thiazole rings is 1. The lowest BCUT2D eigenvalue weighted by Crippen LogP contribution is -2.10. The molecule has 1 heterocycles. The normalized spacial score (nSPS) is 10.5. The molecule has 0 fully saturated rings. The number of anilines is 1. The molecule has 2 aromatic rings. The van der Waals surface area contributed by atoms with E-state index in [1.54, 1.807) is 11.3 Å². The summed E-state index contributed by atoms with van der Waals surface area (Å²) < 4.78 is 0. The minimum absolute atomic E-state index is 0.0346. The molecule has 0 aliphatic rings. The smallest absolute Gasteiger partial charge is 0.224 e. The number of carbonyl (C=O) groups is 1. The van der Waals surface area contributed by atoms with Crippen molar-refractivity contribution < 1.29 is 4.79 Å². The Labute approximate surface area is 128 Å². The van der Waals surface area contributed by atoms with Gasteiger partial charge in [-0.05, 0) is 31.9 Å². The van der Waals surface area contributed by atoms with E-state index in [1.807, 2.05) is 36.6 Å². The topological polar surface area (TPSA) is 42.0 Å². The summed E-state index contributed by atoms with van der Waals surface area (Å²) in [6.07, 6.45) is 2.21. The molecule has 0 aliphatic carbocycles. The molecule has 2 rings (SSSR count). The number of rotatable bonds is 6. The maximum Gasteiger partial charge on any atom is 0.224 e. The van der Waals surface area contributed by atoms with Gasteiger partial charge in [0, 0.05) is 28.9 Å². The highest BCUT2D eigenvalue weighted by molar-refractivity contribution is 7.09. The molecule has 1 N–H and O–H groups in total. The lowest BCUT2D eigenvalue weighted by Gasteiger charge is -2.05. The quantitative estimate of drug-likeness (QED) is 0.632. The summed E-state index contributed by atoms with van der Waals surface area (Å²) in [6.45, 7) is 1.99. The van der Waals surface area contributed by atoms with Gasteiger partial charge in [-0.3, -0.25) is 4.79 Å². The molecule has 0 spiro atoms. The average molecular weight is 309 g/mol. The van der Waals surface area contributed by atoms with Crippen molar-refractivity contribution >= 4 is 34.5 Å². The van der Waals surface area contributed by atoms with Crippen LogP contribution < -0.4 is 5.32 Å². The van der Waals surface area contributed by atoms with Gasteiger partial charge < -0.3 is 5.32 Å². The third-order valence-corrected chi connectivity index (χ3v) is 3.91. The molecule has 1 aromatic heterocycles. The Kier molecular flexibility index (Phi) is 5.56. The van der Waals surface area contributed by atoms with Crippen LogP contribution in [0, 0.1) is 6.92 Å². The van der Waals surface area contributed by atoms with Crippen molar-refractivity contribution in [1.29, 1.82) is 0 Å². The van der Waals surface area contributed by atoms with Gasteiger partial charge in [-0.1, -0.05) is 12.1 Å². The third kappa shape index (κ3) is 4.32. The van der Waals surface area contributed by atoms with Crippen LogP contribution in [0.1, 0.15) is 24.3 Å². The zero-order valence-corrected chi connectivity index (χ0v) is 12.9. The molecule has 0 unspecified atom stereocenters. The summed E-state index contributed by atoms with van der Waals surface area (Å²) >= 11 is 7.22. The van der Waals surface area contributed by atoms with Crippen LogP contribution in [0.15, 0.2) is 29.6 Å². The second-order valence-corrected chi connectivity index (χ2v) is 5.96. The van der Waals surface area contributed by atoms with E-state index in [1.165, 1.54) is 0 Å². The van der Waals surface area contributed by atoms with Crippen LogP contribution in [0.2, 0.25) is 0 Å². The molecule has 0 aliphatic heterocycles. The summed E-state index contributed by atoms with van der Waals surface area (Å²) in [5.74, 6) is 0.641. The van der Waals surface area contributed by atoms with Crippen molar-refractivity contribution in [2.45, 2.75) is 26.2 Å². The van der Waals surface area contributed by atoms with Crippen molar-refractivity contribution in [3.8, 4) is 11.3 Å². The van der Waals surface area contributed by atoms with Gasteiger partial charge >= 0.3 is 0 Å². The number of aryl methyl sites for hydroxylation is 1. The first kappa shape index (κ1) is 15.0. The van der Waals surface area contributed by atoms with Crippen LogP contribution in [0.5, 0.6) is 0 Å². The molecule has 0 atom stereocenters. The molecule has 0 saturated carbocycles. The van der Waals surface area contributed by atoms with Crippen molar-refractivity contribution in [3.63, 3.8) is 0 Å². The molecule has 0 radical (unpaired) electrons. The number of unbranched alkanes of at least 4 members (excludes halogenated alkanes) is 1. The maximum absolute atomic E-state index is 11.7. The van der Waals surface area contributed by atoms with Crippen LogP contribution in [-0.2, 0) is 4.79 Å². The second kappa shape index (κ2) is 7.41. The molecular weight excluding hydrogens is 292 g/mol. The lowest BCUT2D eigenvalue weighted by molar-refractivity contribution is -0.116. The first-order chi connectivity index (χ1) is 9.69. The standard InChI is InChI=1S/C15H17ClN2OS/c1-11-17-14(10-20-11)12-5-7-13(8-6-12)18-15(19)4-2-3-9-16/h5-8,10H,2-4,9H2,1H3,(H,18,19). The van der Waals surface area contributed by atoms with E-state index >= 15 is 0 Å². The molecule has 1 amide bonds. The van der Waals surface area contributed by atoms with Crippen LogP contribution in [0.3, 0.4) is 0 Å². The predicted molar refractivity (Wildman–Crippen MR) is 85.5 cm³/mol. The Balaban J connectivity index is 1.93. The fraction of sp³-hybridized carbons (Fsp3) is 0.333. The number of aromatic nitrogens is 1. The molecular formula is C15H17ClN2OS. The average Bonchev–Trinajstić information content (AvgIpc) is 2.86. The van der Waals surface area contributed by atoms with Crippen LogP contribution >= 0.6 is 22.9 Å². The molecule has 3 nitrogen and oxygen atoms in total. The van der Waals surface area contributed by atoms with Crippen molar-refractivity contribution in [2.75, 3.05) is 11.2 Å². The number of alkyl halides is 1. The molecule has 1 aromatic carbocycles. The van der Waals surface area contributed by atoms with Gasteiger partial charge in [0.1, 0.15) is 0 Å². The lowest BCUT2D eigenvalue weighted by atomic mass is 10.1. The summed E-state index contributed by atoms with van der Waals surface area (Å²) in [7, 11) is 0. The number of nitrogens with zero attached hydrogens (tertiary/aromatic N) is 1. The summed E-state index contributed by atoms with van der Waals surface area (Å²) in [5, 5.41) is 5.97. The van der Waals surface area contributed by atoms with E-state index in [4.69, 9.17) is 11.6 Å². The second-order valence-electron chi connectivity index (χ2n) is 4.52. The van der Waals surface area contributed by atoms with Gasteiger partial charge in [0.25, 0.3) is 0 Å².